The van der Waals surface area contributed by atoms with Crippen LogP contribution in [0.3, 0.4) is 0 Å². The van der Waals surface area contributed by atoms with Gasteiger partial charge in [0, 0.05) is 16.7 Å². The lowest BCUT2D eigenvalue weighted by atomic mass is 9.83. The third-order valence-electron chi connectivity index (χ3n) is 4.74. The summed E-state index contributed by atoms with van der Waals surface area (Å²) in [6.07, 6.45) is -0.549. The molecule has 0 fully saturated rings. The molecule has 0 saturated heterocycles. The summed E-state index contributed by atoms with van der Waals surface area (Å²) < 4.78 is 38.3. The van der Waals surface area contributed by atoms with Crippen LogP contribution in [0.4, 0.5) is 13.2 Å². The first-order valence-electron chi connectivity index (χ1n) is 8.68. The van der Waals surface area contributed by atoms with E-state index in [4.69, 9.17) is 0 Å². The van der Waals surface area contributed by atoms with E-state index in [1.807, 2.05) is 60.7 Å². The molecule has 0 bridgehead atoms. The number of rotatable bonds is 0. The van der Waals surface area contributed by atoms with Crippen molar-refractivity contribution >= 4 is 12.2 Å². The molecule has 0 saturated carbocycles. The average molecular weight is 376 g/mol. The molecule has 0 aromatic heterocycles. The summed E-state index contributed by atoms with van der Waals surface area (Å²) in [7, 11) is 0. The zero-order valence-corrected chi connectivity index (χ0v) is 14.7. The lowest BCUT2D eigenvalue weighted by molar-refractivity contribution is -0.137. The average Bonchev–Trinajstić information content (AvgIpc) is 2.82. The second-order valence-corrected chi connectivity index (χ2v) is 6.54. The van der Waals surface area contributed by atoms with Crippen molar-refractivity contribution in [2.45, 2.75) is 11.8 Å². The molecule has 3 aromatic rings. The first-order chi connectivity index (χ1) is 13.4. The van der Waals surface area contributed by atoms with E-state index in [1.54, 1.807) is 0 Å². The third-order valence-corrected chi connectivity index (χ3v) is 4.74. The summed E-state index contributed by atoms with van der Waals surface area (Å²) in [5, 5.41) is 11.6. The highest BCUT2D eigenvalue weighted by Crippen LogP contribution is 2.37. The molecular formula is C24H15F3O. The van der Waals surface area contributed by atoms with Crippen LogP contribution in [0.2, 0.25) is 0 Å². The Hall–Kier alpha value is -3.29. The Balaban J connectivity index is 1.84. The van der Waals surface area contributed by atoms with Crippen LogP contribution in [0.1, 0.15) is 33.4 Å². The van der Waals surface area contributed by atoms with E-state index in [9.17, 15) is 18.3 Å². The van der Waals surface area contributed by atoms with Crippen LogP contribution >= 0.6 is 0 Å². The number of benzene rings is 3. The molecule has 0 amide bonds. The minimum Gasteiger partial charge on any atom is -0.369 e. The van der Waals surface area contributed by atoms with Gasteiger partial charge in [-0.1, -0.05) is 72.5 Å². The van der Waals surface area contributed by atoms with Crippen LogP contribution in [-0.4, -0.2) is 5.11 Å². The van der Waals surface area contributed by atoms with Crippen molar-refractivity contribution in [1.82, 2.24) is 0 Å². The quantitative estimate of drug-likeness (QED) is 0.516. The van der Waals surface area contributed by atoms with Gasteiger partial charge < -0.3 is 5.11 Å². The summed E-state index contributed by atoms with van der Waals surface area (Å²) in [5.74, 6) is 5.76. The summed E-state index contributed by atoms with van der Waals surface area (Å²) in [6.45, 7) is 0. The Bertz CT molecular complexity index is 1060. The van der Waals surface area contributed by atoms with Gasteiger partial charge in [0.05, 0.1) is 5.56 Å². The predicted octanol–water partition coefficient (Wildman–Crippen LogP) is 5.48. The molecule has 28 heavy (non-hydrogen) atoms. The van der Waals surface area contributed by atoms with Crippen LogP contribution in [0.15, 0.2) is 72.8 Å². The molecule has 4 heteroatoms. The van der Waals surface area contributed by atoms with Gasteiger partial charge in [-0.15, -0.1) is 0 Å². The molecule has 0 radical (unpaired) electrons. The van der Waals surface area contributed by atoms with Crippen LogP contribution in [-0.2, 0) is 11.8 Å². The van der Waals surface area contributed by atoms with Crippen molar-refractivity contribution in [3.05, 3.63) is 106 Å². The van der Waals surface area contributed by atoms with Crippen LogP contribution in [0.25, 0.3) is 12.2 Å². The zero-order chi connectivity index (χ0) is 19.8. The molecule has 0 unspecified atom stereocenters. The van der Waals surface area contributed by atoms with Crippen molar-refractivity contribution in [1.29, 1.82) is 0 Å². The molecule has 1 nitrogen and oxygen atoms in total. The highest BCUT2D eigenvalue weighted by atomic mass is 19.4. The smallest absolute Gasteiger partial charge is 0.369 e. The van der Waals surface area contributed by atoms with Crippen molar-refractivity contribution in [3.8, 4) is 11.8 Å². The van der Waals surface area contributed by atoms with Gasteiger partial charge in [-0.05, 0) is 35.4 Å². The summed E-state index contributed by atoms with van der Waals surface area (Å²) in [5.41, 5.74) is 1.02. The number of fused-ring (bicyclic) bond motifs is 2. The Morgan fingerprint density at radius 2 is 1.21 bits per heavy atom. The van der Waals surface area contributed by atoms with E-state index in [-0.39, 0.29) is 0 Å². The highest BCUT2D eigenvalue weighted by molar-refractivity contribution is 5.78. The van der Waals surface area contributed by atoms with Crippen molar-refractivity contribution in [2.75, 3.05) is 0 Å². The maximum Gasteiger partial charge on any atom is 0.416 e. The number of hydrogen-bond acceptors (Lipinski definition) is 1. The number of alkyl halides is 3. The van der Waals surface area contributed by atoms with Crippen molar-refractivity contribution in [2.24, 2.45) is 0 Å². The molecule has 4 rings (SSSR count). The van der Waals surface area contributed by atoms with E-state index >= 15 is 0 Å². The highest BCUT2D eigenvalue weighted by Gasteiger charge is 2.34. The minimum atomic E-state index is -4.39. The first kappa shape index (κ1) is 18.1. The molecule has 138 valence electrons. The van der Waals surface area contributed by atoms with Gasteiger partial charge in [0.25, 0.3) is 0 Å². The van der Waals surface area contributed by atoms with Gasteiger partial charge in [-0.2, -0.15) is 13.2 Å². The Kier molecular flexibility index (Phi) is 4.33. The van der Waals surface area contributed by atoms with E-state index in [0.717, 1.165) is 23.3 Å². The summed E-state index contributed by atoms with van der Waals surface area (Å²) in [4.78, 5) is 0. The van der Waals surface area contributed by atoms with E-state index in [0.29, 0.717) is 16.7 Å². The van der Waals surface area contributed by atoms with Crippen molar-refractivity contribution in [3.63, 3.8) is 0 Å². The van der Waals surface area contributed by atoms with Crippen LogP contribution < -0.4 is 0 Å². The van der Waals surface area contributed by atoms with Gasteiger partial charge in [-0.3, -0.25) is 0 Å². The van der Waals surface area contributed by atoms with E-state index < -0.39 is 17.3 Å². The molecule has 0 atom stereocenters. The molecule has 0 spiro atoms. The SMILES string of the molecule is OC1(C#Cc2ccc(C(F)(F)F)cc2)c2ccccc2C=Cc2ccccc21. The number of aliphatic hydroxyl groups is 1. The molecule has 0 heterocycles. The van der Waals surface area contributed by atoms with Crippen molar-refractivity contribution < 1.29 is 18.3 Å². The molecule has 1 aliphatic rings. The lowest BCUT2D eigenvalue weighted by Gasteiger charge is -2.25. The molecule has 1 aliphatic carbocycles. The van der Waals surface area contributed by atoms with Gasteiger partial charge in [0.15, 0.2) is 5.60 Å². The normalized spacial score (nSPS) is 14.3. The summed E-state index contributed by atoms with van der Waals surface area (Å²) >= 11 is 0. The lowest BCUT2D eigenvalue weighted by Crippen LogP contribution is -2.26. The van der Waals surface area contributed by atoms with E-state index in [2.05, 4.69) is 11.8 Å². The van der Waals surface area contributed by atoms with Crippen LogP contribution in [0.5, 0.6) is 0 Å². The second kappa shape index (κ2) is 6.70. The Labute approximate surface area is 160 Å². The minimum absolute atomic E-state index is 0.397. The number of hydrogen-bond donors (Lipinski definition) is 1. The number of halogens is 3. The molecule has 1 N–H and O–H groups in total. The van der Waals surface area contributed by atoms with Gasteiger partial charge in [0.1, 0.15) is 0 Å². The maximum absolute atomic E-state index is 12.8. The fourth-order valence-electron chi connectivity index (χ4n) is 3.31. The predicted molar refractivity (Wildman–Crippen MR) is 103 cm³/mol. The third kappa shape index (κ3) is 3.21. The fourth-order valence-corrected chi connectivity index (χ4v) is 3.31. The summed E-state index contributed by atoms with van der Waals surface area (Å²) in [6, 6.07) is 19.4. The van der Waals surface area contributed by atoms with Gasteiger partial charge >= 0.3 is 6.18 Å². The molecule has 3 aromatic carbocycles. The Morgan fingerprint density at radius 1 is 0.714 bits per heavy atom. The monoisotopic (exact) mass is 376 g/mol. The first-order valence-corrected chi connectivity index (χ1v) is 8.68. The fraction of sp³-hybridized carbons (Fsp3) is 0.0833. The Morgan fingerprint density at radius 3 is 1.71 bits per heavy atom. The second-order valence-electron chi connectivity index (χ2n) is 6.54. The van der Waals surface area contributed by atoms with Crippen LogP contribution in [0, 0.1) is 11.8 Å². The molecule has 0 aliphatic heterocycles. The largest absolute Gasteiger partial charge is 0.416 e. The van der Waals surface area contributed by atoms with Gasteiger partial charge in [0.2, 0.25) is 0 Å². The zero-order valence-electron chi connectivity index (χ0n) is 14.7. The van der Waals surface area contributed by atoms with E-state index in [1.165, 1.54) is 12.1 Å². The van der Waals surface area contributed by atoms with Gasteiger partial charge in [-0.25, -0.2) is 0 Å². The maximum atomic E-state index is 12.8. The topological polar surface area (TPSA) is 20.2 Å². The molecular weight excluding hydrogens is 361 g/mol. The standard InChI is InChI=1S/C24H15F3O/c25-24(26,27)20-13-9-17(10-14-20)15-16-23(28)21-7-3-1-5-18(21)11-12-19-6-2-4-8-22(19)23/h1-14,28H.